The van der Waals surface area contributed by atoms with E-state index < -0.39 is 0 Å². The molecule has 10 nitrogen and oxygen atoms in total. The Labute approximate surface area is 129 Å². The highest BCUT2D eigenvalue weighted by molar-refractivity contribution is 5.98. The van der Waals surface area contributed by atoms with Crippen LogP contribution in [0.3, 0.4) is 0 Å². The number of rotatable bonds is 4. The van der Waals surface area contributed by atoms with Gasteiger partial charge >= 0.3 is 0 Å². The molecule has 4 N–H and O–H groups in total. The number of halogens is 1. The van der Waals surface area contributed by atoms with E-state index in [1.807, 2.05) is 0 Å². The van der Waals surface area contributed by atoms with Gasteiger partial charge in [-0.1, -0.05) is 10.3 Å². The summed E-state index contributed by atoms with van der Waals surface area (Å²) in [4.78, 5) is 4.19. The Kier molecular flexibility index (Phi) is 3.66. The highest BCUT2D eigenvalue weighted by atomic mass is 19.1. The van der Waals surface area contributed by atoms with Crippen molar-refractivity contribution in [2.24, 2.45) is 10.7 Å². The van der Waals surface area contributed by atoms with Gasteiger partial charge in [0.15, 0.2) is 11.5 Å². The van der Waals surface area contributed by atoms with Gasteiger partial charge < -0.3 is 11.5 Å². The van der Waals surface area contributed by atoms with Crippen LogP contribution in [0.25, 0.3) is 0 Å². The summed E-state index contributed by atoms with van der Waals surface area (Å²) >= 11 is 0. The van der Waals surface area contributed by atoms with Crippen molar-refractivity contribution in [2.75, 3.05) is 5.73 Å². The number of aromatic nitrogens is 6. The van der Waals surface area contributed by atoms with Gasteiger partial charge in [0, 0.05) is 0 Å². The first kappa shape index (κ1) is 14.6. The zero-order valence-electron chi connectivity index (χ0n) is 12.0. The van der Waals surface area contributed by atoms with Gasteiger partial charge in [0.05, 0.1) is 12.2 Å². The molecule has 0 aliphatic heterocycles. The molecule has 11 heteroatoms. The Morgan fingerprint density at radius 1 is 1.39 bits per heavy atom. The normalized spacial score (nSPS) is 11.8. The van der Waals surface area contributed by atoms with Crippen LogP contribution in [0, 0.1) is 12.7 Å². The van der Waals surface area contributed by atoms with Crippen LogP contribution in [0.4, 0.5) is 16.0 Å². The molecule has 1 aromatic carbocycles. The van der Waals surface area contributed by atoms with Gasteiger partial charge in [-0.3, -0.25) is 0 Å². The minimum absolute atomic E-state index is 0.0684. The van der Waals surface area contributed by atoms with Crippen molar-refractivity contribution in [1.29, 1.82) is 0 Å². The van der Waals surface area contributed by atoms with Gasteiger partial charge in [-0.25, -0.2) is 18.7 Å². The van der Waals surface area contributed by atoms with Crippen LogP contribution < -0.4 is 11.5 Å². The summed E-state index contributed by atoms with van der Waals surface area (Å²) in [5.41, 5.74) is 13.1. The lowest BCUT2D eigenvalue weighted by molar-refractivity contribution is 0.301. The number of nitrogens with zero attached hydrogens (tertiary/aromatic N) is 7. The highest BCUT2D eigenvalue weighted by Gasteiger charge is 2.16. The standard InChI is InChI=1S/C12H12FN9O/c1-6-4-7(2-3-8(6)13)16-11(14)10-9(18-23-19-10)5-22-12(15)17-20-21-22/h2-4H,5H2,1H3,(H2,14,16)(H2,15,17,21). The molecule has 0 radical (unpaired) electrons. The maximum Gasteiger partial charge on any atom is 0.240 e. The second-order valence-electron chi connectivity index (χ2n) is 4.68. The van der Waals surface area contributed by atoms with Crippen molar-refractivity contribution in [3.05, 3.63) is 41.0 Å². The maximum atomic E-state index is 13.3. The Bertz CT molecular complexity index is 869. The van der Waals surface area contributed by atoms with Crippen molar-refractivity contribution < 1.29 is 9.02 Å². The summed E-state index contributed by atoms with van der Waals surface area (Å²) in [6.07, 6.45) is 0. The SMILES string of the molecule is Cc1cc(N=C(N)c2nonc2Cn2nnnc2N)ccc1F. The van der Waals surface area contributed by atoms with Crippen molar-refractivity contribution in [3.8, 4) is 0 Å². The molecule has 0 amide bonds. The van der Waals surface area contributed by atoms with E-state index in [-0.39, 0.29) is 29.8 Å². The van der Waals surface area contributed by atoms with Gasteiger partial charge in [0.2, 0.25) is 5.95 Å². The van der Waals surface area contributed by atoms with Crippen LogP contribution in [0.5, 0.6) is 0 Å². The molecule has 3 aromatic rings. The summed E-state index contributed by atoms with van der Waals surface area (Å²) < 4.78 is 19.3. The Hall–Kier alpha value is -3.37. The summed E-state index contributed by atoms with van der Waals surface area (Å²) in [7, 11) is 0. The number of tetrazole rings is 1. The third-order valence-corrected chi connectivity index (χ3v) is 3.05. The van der Waals surface area contributed by atoms with Crippen LogP contribution in [0.15, 0.2) is 27.8 Å². The summed E-state index contributed by atoms with van der Waals surface area (Å²) in [6, 6.07) is 4.38. The molecule has 0 aliphatic rings. The van der Waals surface area contributed by atoms with E-state index in [0.29, 0.717) is 16.9 Å². The first-order valence-electron chi connectivity index (χ1n) is 6.48. The van der Waals surface area contributed by atoms with E-state index in [1.165, 1.54) is 16.8 Å². The lowest BCUT2D eigenvalue weighted by Crippen LogP contribution is -2.17. The fourth-order valence-electron chi connectivity index (χ4n) is 1.86. The van der Waals surface area contributed by atoms with Crippen LogP contribution in [-0.2, 0) is 6.54 Å². The quantitative estimate of drug-likeness (QED) is 0.511. The summed E-state index contributed by atoms with van der Waals surface area (Å²) in [6.45, 7) is 1.75. The van der Waals surface area contributed by atoms with Crippen molar-refractivity contribution in [1.82, 2.24) is 30.5 Å². The first-order valence-corrected chi connectivity index (χ1v) is 6.48. The third kappa shape index (κ3) is 2.97. The van der Waals surface area contributed by atoms with E-state index >= 15 is 0 Å². The first-order chi connectivity index (χ1) is 11.0. The highest BCUT2D eigenvalue weighted by Crippen LogP contribution is 2.18. The molecular weight excluding hydrogens is 305 g/mol. The van der Waals surface area contributed by atoms with E-state index in [2.05, 4.69) is 30.8 Å². The molecule has 0 spiro atoms. The number of amidine groups is 1. The van der Waals surface area contributed by atoms with E-state index in [4.69, 9.17) is 16.1 Å². The monoisotopic (exact) mass is 317 g/mol. The third-order valence-electron chi connectivity index (χ3n) is 3.05. The zero-order valence-corrected chi connectivity index (χ0v) is 12.0. The van der Waals surface area contributed by atoms with Crippen LogP contribution >= 0.6 is 0 Å². The number of hydrogen-bond donors (Lipinski definition) is 2. The topological polar surface area (TPSA) is 147 Å². The van der Waals surface area contributed by atoms with E-state index in [9.17, 15) is 4.39 Å². The second kappa shape index (κ2) is 5.79. The van der Waals surface area contributed by atoms with Crippen molar-refractivity contribution in [2.45, 2.75) is 13.5 Å². The molecule has 0 bridgehead atoms. The smallest absolute Gasteiger partial charge is 0.240 e. The minimum atomic E-state index is -0.319. The lowest BCUT2D eigenvalue weighted by Gasteiger charge is -2.02. The molecule has 3 rings (SSSR count). The number of anilines is 1. The molecule has 0 unspecified atom stereocenters. The van der Waals surface area contributed by atoms with Crippen LogP contribution in [0.1, 0.15) is 17.0 Å². The minimum Gasteiger partial charge on any atom is -0.382 e. The number of aryl methyl sites for hydroxylation is 1. The lowest BCUT2D eigenvalue weighted by atomic mass is 10.2. The fourth-order valence-corrected chi connectivity index (χ4v) is 1.86. The average Bonchev–Trinajstić information content (AvgIpc) is 3.13. The summed E-state index contributed by atoms with van der Waals surface area (Å²) in [5, 5.41) is 18.2. The molecule has 2 heterocycles. The second-order valence-corrected chi connectivity index (χ2v) is 4.68. The molecule has 0 saturated heterocycles. The Balaban J connectivity index is 1.89. The zero-order chi connectivity index (χ0) is 16.4. The number of nitrogens with two attached hydrogens (primary N) is 2. The summed E-state index contributed by atoms with van der Waals surface area (Å²) in [5.74, 6) is -0.136. The predicted octanol–water partition coefficient (Wildman–Crippen LogP) is 0.171. The largest absolute Gasteiger partial charge is 0.382 e. The molecule has 2 aromatic heterocycles. The van der Waals surface area contributed by atoms with Crippen molar-refractivity contribution in [3.63, 3.8) is 0 Å². The van der Waals surface area contributed by atoms with Gasteiger partial charge in [0.1, 0.15) is 11.5 Å². The van der Waals surface area contributed by atoms with Gasteiger partial charge in [-0.15, -0.1) is 0 Å². The molecule has 23 heavy (non-hydrogen) atoms. The number of nitrogen functional groups attached to an aromatic ring is 1. The van der Waals surface area contributed by atoms with Crippen LogP contribution in [-0.4, -0.2) is 36.4 Å². The van der Waals surface area contributed by atoms with Gasteiger partial charge in [-0.2, -0.15) is 0 Å². The predicted molar refractivity (Wildman–Crippen MR) is 77.2 cm³/mol. The molecule has 0 fully saturated rings. The number of hydrogen-bond acceptors (Lipinski definition) is 8. The molecular formula is C12H12FN9O. The Morgan fingerprint density at radius 2 is 2.22 bits per heavy atom. The molecule has 0 atom stereocenters. The van der Waals surface area contributed by atoms with E-state index in [1.54, 1.807) is 13.0 Å². The Morgan fingerprint density at radius 3 is 2.91 bits per heavy atom. The fraction of sp³-hybridized carbons (Fsp3) is 0.167. The van der Waals surface area contributed by atoms with Gasteiger partial charge in [0.25, 0.3) is 0 Å². The van der Waals surface area contributed by atoms with Crippen LogP contribution in [0.2, 0.25) is 0 Å². The number of benzene rings is 1. The average molecular weight is 317 g/mol. The maximum absolute atomic E-state index is 13.3. The van der Waals surface area contributed by atoms with E-state index in [0.717, 1.165) is 0 Å². The molecule has 118 valence electrons. The van der Waals surface area contributed by atoms with Gasteiger partial charge in [-0.05, 0) is 46.3 Å². The van der Waals surface area contributed by atoms with Crippen molar-refractivity contribution >= 4 is 17.5 Å². The molecule has 0 aliphatic carbocycles. The number of aliphatic imine (C=N–C) groups is 1. The molecule has 0 saturated carbocycles.